The molecule has 0 aliphatic carbocycles. The van der Waals surface area contributed by atoms with Gasteiger partial charge in [0.2, 0.25) is 5.91 Å². The molecule has 23 heavy (non-hydrogen) atoms. The Morgan fingerprint density at radius 3 is 2.61 bits per heavy atom. The van der Waals surface area contributed by atoms with Crippen LogP contribution in [0, 0.1) is 0 Å². The van der Waals surface area contributed by atoms with E-state index in [0.717, 1.165) is 4.47 Å². The summed E-state index contributed by atoms with van der Waals surface area (Å²) in [6, 6.07) is 13.7. The van der Waals surface area contributed by atoms with Gasteiger partial charge in [0.25, 0.3) is 0 Å². The van der Waals surface area contributed by atoms with Crippen LogP contribution in [0.5, 0.6) is 0 Å². The number of halogens is 2. The fourth-order valence-electron chi connectivity index (χ4n) is 2.30. The van der Waals surface area contributed by atoms with Crippen LogP contribution in [-0.2, 0) is 11.3 Å². The number of nitrogens with zero attached hydrogens (tertiary/aromatic N) is 1. The molecular formula is C17H12BrClN2O2. The smallest absolute Gasteiger partial charge is 0.244 e. The van der Waals surface area contributed by atoms with Crippen LogP contribution < -0.4 is 10.7 Å². The molecule has 0 bridgehead atoms. The third-order valence-electron chi connectivity index (χ3n) is 3.38. The average molecular weight is 392 g/mol. The van der Waals surface area contributed by atoms with E-state index >= 15 is 0 Å². The van der Waals surface area contributed by atoms with Gasteiger partial charge in [-0.1, -0.05) is 27.5 Å². The van der Waals surface area contributed by atoms with Crippen molar-refractivity contribution >= 4 is 50.0 Å². The topological polar surface area (TPSA) is 51.1 Å². The van der Waals surface area contributed by atoms with E-state index in [1.165, 1.54) is 6.07 Å². The summed E-state index contributed by atoms with van der Waals surface area (Å²) in [5, 5.41) is 3.99. The summed E-state index contributed by atoms with van der Waals surface area (Å²) in [4.78, 5) is 24.1. The molecule has 0 unspecified atom stereocenters. The number of benzene rings is 2. The minimum absolute atomic E-state index is 0.0677. The molecule has 0 saturated heterocycles. The number of carbonyl (C=O) groups excluding carboxylic acids is 1. The van der Waals surface area contributed by atoms with E-state index in [1.807, 2.05) is 12.1 Å². The standard InChI is InChI=1S/C17H12BrClN2O2/c18-11-1-6-14-15(9-11)21(8-7-16(14)22)10-17(23)20-13-4-2-12(19)3-5-13/h1-9H,10H2,(H,20,23). The lowest BCUT2D eigenvalue weighted by Crippen LogP contribution is -2.20. The fraction of sp³-hybridized carbons (Fsp3) is 0.0588. The van der Waals surface area contributed by atoms with Gasteiger partial charge in [-0.2, -0.15) is 0 Å². The third kappa shape index (κ3) is 3.63. The highest BCUT2D eigenvalue weighted by atomic mass is 79.9. The SMILES string of the molecule is O=C(Cn1ccc(=O)c2ccc(Br)cc21)Nc1ccc(Cl)cc1. The van der Waals surface area contributed by atoms with Gasteiger partial charge in [0.15, 0.2) is 5.43 Å². The van der Waals surface area contributed by atoms with Crippen LogP contribution in [0.3, 0.4) is 0 Å². The maximum Gasteiger partial charge on any atom is 0.244 e. The monoisotopic (exact) mass is 390 g/mol. The molecule has 3 rings (SSSR count). The Morgan fingerprint density at radius 1 is 1.13 bits per heavy atom. The molecular weight excluding hydrogens is 380 g/mol. The number of pyridine rings is 1. The van der Waals surface area contributed by atoms with Gasteiger partial charge in [-0.25, -0.2) is 0 Å². The molecule has 0 aliphatic rings. The largest absolute Gasteiger partial charge is 0.338 e. The van der Waals surface area contributed by atoms with Gasteiger partial charge in [-0.3, -0.25) is 9.59 Å². The van der Waals surface area contributed by atoms with E-state index in [1.54, 1.807) is 41.1 Å². The van der Waals surface area contributed by atoms with Crippen LogP contribution in [0.2, 0.25) is 5.02 Å². The Balaban J connectivity index is 1.87. The van der Waals surface area contributed by atoms with Crippen molar-refractivity contribution in [2.75, 3.05) is 5.32 Å². The van der Waals surface area contributed by atoms with Gasteiger partial charge >= 0.3 is 0 Å². The fourth-order valence-corrected chi connectivity index (χ4v) is 2.78. The molecule has 0 saturated carbocycles. The first-order valence-electron chi connectivity index (χ1n) is 6.87. The molecule has 1 N–H and O–H groups in total. The number of rotatable bonds is 3. The molecule has 0 fully saturated rings. The second-order valence-corrected chi connectivity index (χ2v) is 6.38. The first-order chi connectivity index (χ1) is 11.0. The summed E-state index contributed by atoms with van der Waals surface area (Å²) in [7, 11) is 0. The van der Waals surface area contributed by atoms with E-state index in [0.29, 0.717) is 21.6 Å². The first-order valence-corrected chi connectivity index (χ1v) is 8.04. The van der Waals surface area contributed by atoms with Crippen LogP contribution in [0.15, 0.2) is 64.0 Å². The summed E-state index contributed by atoms with van der Waals surface area (Å²) in [6.07, 6.45) is 1.62. The van der Waals surface area contributed by atoms with E-state index in [9.17, 15) is 9.59 Å². The van der Waals surface area contributed by atoms with Gasteiger partial charge < -0.3 is 9.88 Å². The van der Waals surface area contributed by atoms with Gasteiger partial charge in [0.05, 0.1) is 5.52 Å². The number of carbonyl (C=O) groups is 1. The molecule has 1 heterocycles. The van der Waals surface area contributed by atoms with Crippen LogP contribution in [-0.4, -0.2) is 10.5 Å². The molecule has 0 spiro atoms. The number of fused-ring (bicyclic) bond motifs is 1. The molecule has 2 aromatic carbocycles. The van der Waals surface area contributed by atoms with Gasteiger partial charge in [-0.05, 0) is 42.5 Å². The van der Waals surface area contributed by atoms with Gasteiger partial charge in [0.1, 0.15) is 6.54 Å². The van der Waals surface area contributed by atoms with Crippen molar-refractivity contribution in [1.29, 1.82) is 0 Å². The molecule has 116 valence electrons. The van der Waals surface area contributed by atoms with Gasteiger partial charge in [-0.15, -0.1) is 0 Å². The minimum atomic E-state index is -0.183. The summed E-state index contributed by atoms with van der Waals surface area (Å²) in [6.45, 7) is 0.107. The normalized spacial score (nSPS) is 10.7. The number of amides is 1. The summed E-state index contributed by atoms with van der Waals surface area (Å²) in [5.74, 6) is -0.183. The molecule has 4 nitrogen and oxygen atoms in total. The minimum Gasteiger partial charge on any atom is -0.338 e. The molecule has 3 aromatic rings. The van der Waals surface area contributed by atoms with E-state index < -0.39 is 0 Å². The Bertz CT molecular complexity index is 935. The predicted molar refractivity (Wildman–Crippen MR) is 96.0 cm³/mol. The average Bonchev–Trinajstić information content (AvgIpc) is 2.52. The Labute approximate surface area is 145 Å². The van der Waals surface area contributed by atoms with E-state index in [-0.39, 0.29) is 17.9 Å². The maximum atomic E-state index is 12.2. The first kappa shape index (κ1) is 15.8. The summed E-state index contributed by atoms with van der Waals surface area (Å²) < 4.78 is 2.59. The van der Waals surface area contributed by atoms with Crippen LogP contribution in [0.1, 0.15) is 0 Å². The Hall–Kier alpha value is -2.11. The van der Waals surface area contributed by atoms with Crippen molar-refractivity contribution in [3.63, 3.8) is 0 Å². The van der Waals surface area contributed by atoms with E-state index in [4.69, 9.17) is 11.6 Å². The summed E-state index contributed by atoms with van der Waals surface area (Å²) >= 11 is 9.21. The molecule has 0 aliphatic heterocycles. The molecule has 0 atom stereocenters. The van der Waals surface area contributed by atoms with Crippen molar-refractivity contribution in [3.8, 4) is 0 Å². The van der Waals surface area contributed by atoms with Crippen molar-refractivity contribution in [1.82, 2.24) is 4.57 Å². The number of aromatic nitrogens is 1. The second-order valence-electron chi connectivity index (χ2n) is 5.02. The lowest BCUT2D eigenvalue weighted by Gasteiger charge is -2.11. The third-order valence-corrected chi connectivity index (χ3v) is 4.13. The Morgan fingerprint density at radius 2 is 1.87 bits per heavy atom. The zero-order valence-electron chi connectivity index (χ0n) is 11.9. The lowest BCUT2D eigenvalue weighted by atomic mass is 10.2. The van der Waals surface area contributed by atoms with Crippen molar-refractivity contribution in [3.05, 3.63) is 74.4 Å². The molecule has 0 radical (unpaired) electrons. The number of anilines is 1. The number of hydrogen-bond acceptors (Lipinski definition) is 2. The Kier molecular flexibility index (Phi) is 4.50. The highest BCUT2D eigenvalue weighted by Crippen LogP contribution is 2.18. The predicted octanol–water partition coefficient (Wildman–Crippen LogP) is 4.06. The van der Waals surface area contributed by atoms with Crippen LogP contribution in [0.25, 0.3) is 10.9 Å². The molecule has 1 aromatic heterocycles. The highest BCUT2D eigenvalue weighted by Gasteiger charge is 2.08. The quantitative estimate of drug-likeness (QED) is 0.732. The zero-order chi connectivity index (χ0) is 16.4. The zero-order valence-corrected chi connectivity index (χ0v) is 14.3. The van der Waals surface area contributed by atoms with Crippen molar-refractivity contribution < 1.29 is 4.79 Å². The van der Waals surface area contributed by atoms with Crippen LogP contribution in [0.4, 0.5) is 5.69 Å². The van der Waals surface area contributed by atoms with Crippen molar-refractivity contribution in [2.24, 2.45) is 0 Å². The maximum absolute atomic E-state index is 12.2. The number of nitrogens with one attached hydrogen (secondary N) is 1. The van der Waals surface area contributed by atoms with Gasteiger partial charge in [0, 0.05) is 32.8 Å². The highest BCUT2D eigenvalue weighted by molar-refractivity contribution is 9.10. The second kappa shape index (κ2) is 6.56. The van der Waals surface area contributed by atoms with Crippen molar-refractivity contribution in [2.45, 2.75) is 6.54 Å². The molecule has 6 heteroatoms. The van der Waals surface area contributed by atoms with Crippen LogP contribution >= 0.6 is 27.5 Å². The summed E-state index contributed by atoms with van der Waals surface area (Å²) in [5.41, 5.74) is 1.31. The molecule has 1 amide bonds. The number of hydrogen-bond donors (Lipinski definition) is 1. The van der Waals surface area contributed by atoms with E-state index in [2.05, 4.69) is 21.2 Å². The lowest BCUT2D eigenvalue weighted by molar-refractivity contribution is -0.116.